The number of aliphatic hydroxyl groups is 2. The predicted molar refractivity (Wildman–Crippen MR) is 83.4 cm³/mol. The molecule has 2 saturated heterocycles. The van der Waals surface area contributed by atoms with E-state index in [1.165, 1.54) is 19.3 Å². The Balaban J connectivity index is 1.77. The molecule has 2 N–H and O–H groups in total. The lowest BCUT2D eigenvalue weighted by Gasteiger charge is -2.32. The van der Waals surface area contributed by atoms with Crippen LogP contribution in [0.25, 0.3) is 0 Å². The van der Waals surface area contributed by atoms with Crippen LogP contribution in [0, 0.1) is 0 Å². The fourth-order valence-electron chi connectivity index (χ4n) is 3.58. The van der Waals surface area contributed by atoms with E-state index in [4.69, 9.17) is 4.74 Å². The van der Waals surface area contributed by atoms with Crippen LogP contribution in [0.3, 0.4) is 0 Å². The number of ether oxygens (including phenoxy) is 1. The van der Waals surface area contributed by atoms with Gasteiger partial charge in [0.25, 0.3) is 0 Å². The SMILES string of the molecule is CC(C)OCC(O)CN1CCCC1CN1CCCC1CO. The minimum Gasteiger partial charge on any atom is -0.395 e. The summed E-state index contributed by atoms with van der Waals surface area (Å²) in [6.07, 6.45) is 4.49. The van der Waals surface area contributed by atoms with Crippen LogP contribution in [0.1, 0.15) is 39.5 Å². The van der Waals surface area contributed by atoms with Gasteiger partial charge in [-0.25, -0.2) is 0 Å². The zero-order chi connectivity index (χ0) is 15.2. The van der Waals surface area contributed by atoms with Crippen molar-refractivity contribution in [1.29, 1.82) is 0 Å². The molecule has 2 aliphatic heterocycles. The van der Waals surface area contributed by atoms with Crippen molar-refractivity contribution in [3.05, 3.63) is 0 Å². The first-order valence-electron chi connectivity index (χ1n) is 8.48. The second-order valence-electron chi connectivity index (χ2n) is 6.80. The van der Waals surface area contributed by atoms with Crippen molar-refractivity contribution in [3.8, 4) is 0 Å². The first kappa shape index (κ1) is 17.2. The van der Waals surface area contributed by atoms with Gasteiger partial charge in [0.1, 0.15) is 0 Å². The van der Waals surface area contributed by atoms with Crippen molar-refractivity contribution in [3.63, 3.8) is 0 Å². The summed E-state index contributed by atoms with van der Waals surface area (Å²) in [6, 6.07) is 0.868. The second kappa shape index (κ2) is 8.44. The summed E-state index contributed by atoms with van der Waals surface area (Å²) in [7, 11) is 0. The van der Waals surface area contributed by atoms with Crippen LogP contribution in [-0.2, 0) is 4.74 Å². The van der Waals surface area contributed by atoms with Gasteiger partial charge in [0, 0.05) is 25.2 Å². The average molecular weight is 300 g/mol. The third-order valence-electron chi connectivity index (χ3n) is 4.72. The van der Waals surface area contributed by atoms with Gasteiger partial charge in [-0.1, -0.05) is 0 Å². The van der Waals surface area contributed by atoms with Crippen molar-refractivity contribution < 1.29 is 14.9 Å². The van der Waals surface area contributed by atoms with Gasteiger partial charge in [-0.05, 0) is 52.6 Å². The minimum atomic E-state index is -0.403. The van der Waals surface area contributed by atoms with E-state index in [1.807, 2.05) is 13.8 Å². The number of hydrogen-bond donors (Lipinski definition) is 2. The first-order valence-corrected chi connectivity index (χ1v) is 8.48. The van der Waals surface area contributed by atoms with E-state index in [1.54, 1.807) is 0 Å². The summed E-state index contributed by atoms with van der Waals surface area (Å²) in [5.74, 6) is 0. The van der Waals surface area contributed by atoms with Gasteiger partial charge >= 0.3 is 0 Å². The van der Waals surface area contributed by atoms with Crippen LogP contribution in [0.4, 0.5) is 0 Å². The van der Waals surface area contributed by atoms with Crippen molar-refractivity contribution >= 4 is 0 Å². The monoisotopic (exact) mass is 300 g/mol. The molecule has 0 aliphatic carbocycles. The van der Waals surface area contributed by atoms with Gasteiger partial charge in [0.2, 0.25) is 0 Å². The van der Waals surface area contributed by atoms with Crippen LogP contribution in [0.2, 0.25) is 0 Å². The third kappa shape index (κ3) is 5.18. The smallest absolute Gasteiger partial charge is 0.0900 e. The highest BCUT2D eigenvalue weighted by atomic mass is 16.5. The molecule has 2 fully saturated rings. The molecule has 0 aromatic heterocycles. The summed E-state index contributed by atoms with van der Waals surface area (Å²) < 4.78 is 5.50. The van der Waals surface area contributed by atoms with E-state index in [-0.39, 0.29) is 12.7 Å². The van der Waals surface area contributed by atoms with E-state index in [2.05, 4.69) is 9.80 Å². The van der Waals surface area contributed by atoms with Crippen molar-refractivity contribution in [1.82, 2.24) is 9.80 Å². The van der Waals surface area contributed by atoms with Crippen LogP contribution in [-0.4, -0.2) is 83.7 Å². The zero-order valence-electron chi connectivity index (χ0n) is 13.6. The highest BCUT2D eigenvalue weighted by molar-refractivity contribution is 4.87. The molecule has 3 unspecified atom stereocenters. The van der Waals surface area contributed by atoms with Crippen molar-refractivity contribution in [2.45, 2.75) is 63.8 Å². The Morgan fingerprint density at radius 2 is 1.76 bits per heavy atom. The quantitative estimate of drug-likeness (QED) is 0.691. The first-order chi connectivity index (χ1) is 10.1. The molecule has 0 saturated carbocycles. The van der Waals surface area contributed by atoms with Gasteiger partial charge in [-0.15, -0.1) is 0 Å². The standard InChI is InChI=1S/C16H32N2O3/c1-13(2)21-12-16(20)10-18-8-3-5-14(18)9-17-7-4-6-15(17)11-19/h13-16,19-20H,3-12H2,1-2H3. The highest BCUT2D eigenvalue weighted by Gasteiger charge is 2.31. The van der Waals surface area contributed by atoms with Gasteiger partial charge in [-0.2, -0.15) is 0 Å². The number of rotatable bonds is 8. The summed E-state index contributed by atoms with van der Waals surface area (Å²) in [4.78, 5) is 4.83. The number of β-amino-alcohol motifs (C(OH)–C–C–N with tert-alkyl or cyclic N) is 1. The van der Waals surface area contributed by atoms with Crippen molar-refractivity contribution in [2.75, 3.05) is 39.4 Å². The van der Waals surface area contributed by atoms with E-state index < -0.39 is 6.10 Å². The van der Waals surface area contributed by atoms with Gasteiger partial charge < -0.3 is 14.9 Å². The van der Waals surface area contributed by atoms with Crippen LogP contribution >= 0.6 is 0 Å². The molecule has 2 aliphatic rings. The summed E-state index contributed by atoms with van der Waals surface area (Å²) in [5.41, 5.74) is 0. The van der Waals surface area contributed by atoms with Gasteiger partial charge in [0.05, 0.1) is 25.4 Å². The Bertz CT molecular complexity index is 301. The molecule has 0 radical (unpaired) electrons. The summed E-state index contributed by atoms with van der Waals surface area (Å²) >= 11 is 0. The lowest BCUT2D eigenvalue weighted by Crippen LogP contribution is -2.46. The summed E-state index contributed by atoms with van der Waals surface area (Å²) in [6.45, 7) is 8.59. The Morgan fingerprint density at radius 3 is 2.43 bits per heavy atom. The molecule has 0 spiro atoms. The molecule has 124 valence electrons. The molecular weight excluding hydrogens is 268 g/mol. The Hall–Kier alpha value is -0.200. The molecule has 3 atom stereocenters. The molecule has 0 amide bonds. The molecule has 2 rings (SSSR count). The maximum Gasteiger partial charge on any atom is 0.0900 e. The molecule has 0 aromatic carbocycles. The Morgan fingerprint density at radius 1 is 1.10 bits per heavy atom. The topological polar surface area (TPSA) is 56.2 Å². The highest BCUT2D eigenvalue weighted by Crippen LogP contribution is 2.23. The number of aliphatic hydroxyl groups excluding tert-OH is 2. The van der Waals surface area contributed by atoms with Crippen molar-refractivity contribution in [2.24, 2.45) is 0 Å². The molecule has 21 heavy (non-hydrogen) atoms. The maximum atomic E-state index is 10.1. The zero-order valence-corrected chi connectivity index (χ0v) is 13.6. The predicted octanol–water partition coefficient (Wildman–Crippen LogP) is 0.693. The normalized spacial score (nSPS) is 29.6. The van der Waals surface area contributed by atoms with Gasteiger partial charge in [0.15, 0.2) is 0 Å². The lowest BCUT2D eigenvalue weighted by atomic mass is 10.1. The average Bonchev–Trinajstić information content (AvgIpc) is 3.07. The summed E-state index contributed by atoms with van der Waals surface area (Å²) in [5, 5.41) is 19.5. The number of nitrogens with zero attached hydrogens (tertiary/aromatic N) is 2. The van der Waals surface area contributed by atoms with E-state index in [0.717, 1.165) is 26.1 Å². The Labute approximate surface area is 128 Å². The molecule has 0 aromatic rings. The molecule has 2 heterocycles. The van der Waals surface area contributed by atoms with Crippen LogP contribution in [0.15, 0.2) is 0 Å². The molecule has 5 heteroatoms. The van der Waals surface area contributed by atoms with E-state index in [9.17, 15) is 10.2 Å². The van der Waals surface area contributed by atoms with E-state index in [0.29, 0.717) is 25.2 Å². The maximum absolute atomic E-state index is 10.1. The number of hydrogen-bond acceptors (Lipinski definition) is 5. The van der Waals surface area contributed by atoms with Crippen LogP contribution < -0.4 is 0 Å². The minimum absolute atomic E-state index is 0.170. The van der Waals surface area contributed by atoms with Crippen LogP contribution in [0.5, 0.6) is 0 Å². The molecular formula is C16H32N2O3. The molecule has 0 bridgehead atoms. The Kier molecular flexibility index (Phi) is 6.89. The fraction of sp³-hybridized carbons (Fsp3) is 1.00. The number of likely N-dealkylation sites (tertiary alicyclic amines) is 2. The third-order valence-corrected chi connectivity index (χ3v) is 4.72. The van der Waals surface area contributed by atoms with E-state index >= 15 is 0 Å². The fourth-order valence-corrected chi connectivity index (χ4v) is 3.58. The second-order valence-corrected chi connectivity index (χ2v) is 6.80. The lowest BCUT2D eigenvalue weighted by molar-refractivity contribution is -0.0121. The van der Waals surface area contributed by atoms with Gasteiger partial charge in [-0.3, -0.25) is 9.80 Å². The largest absolute Gasteiger partial charge is 0.395 e. The molecule has 5 nitrogen and oxygen atoms in total.